The molecule has 1 heterocycles. The van der Waals surface area contributed by atoms with Gasteiger partial charge in [-0.3, -0.25) is 0 Å². The monoisotopic (exact) mass is 754 g/mol. The minimum Gasteiger partial charge on any atom is -0.149 e. The molecule has 12 atom stereocenters. The second-order valence-corrected chi connectivity index (χ2v) is 21.0. The Morgan fingerprint density at radius 2 is 1.62 bits per heavy atom. The quantitative estimate of drug-likeness (QED) is 0.277. The molecule has 288 valence electrons. The maximum atomic E-state index is 2.86. The Balaban J connectivity index is 1.09. The number of fused-ring (bicyclic) bond motifs is 6. The Morgan fingerprint density at radius 3 is 2.54 bits per heavy atom. The second kappa shape index (κ2) is 13.9. The molecule has 10 aliphatic rings. The molecule has 0 N–H and O–H groups in total. The fourth-order valence-electron chi connectivity index (χ4n) is 14.1. The molecule has 0 bridgehead atoms. The summed E-state index contributed by atoms with van der Waals surface area (Å²) < 4.78 is 0. The minimum absolute atomic E-state index is 0.0636. The Kier molecular flexibility index (Phi) is 8.91. The lowest BCUT2D eigenvalue weighted by Gasteiger charge is -2.55. The van der Waals surface area contributed by atoms with E-state index >= 15 is 0 Å². The van der Waals surface area contributed by atoms with Crippen LogP contribution in [0, 0.1) is 58.7 Å². The summed E-state index contributed by atoms with van der Waals surface area (Å²) in [5, 5.41) is 4.27. The molecule has 1 aliphatic heterocycles. The molecule has 1 aromatic carbocycles. The molecular weight excluding hydrogens is 693 g/mol. The first-order valence-electron chi connectivity index (χ1n) is 22.8. The van der Waals surface area contributed by atoms with Gasteiger partial charge in [0.2, 0.25) is 0 Å². The summed E-state index contributed by atoms with van der Waals surface area (Å²) in [5.74, 6) is 5.01. The Bertz CT molecular complexity index is 2290. The highest BCUT2D eigenvalue weighted by Gasteiger charge is 2.54. The molecule has 1 fully saturated rings. The topological polar surface area (TPSA) is 0 Å². The Labute approximate surface area is 341 Å². The molecule has 0 spiro atoms. The van der Waals surface area contributed by atoms with Crippen LogP contribution in [0.1, 0.15) is 98.3 Å². The maximum Gasteiger partial charge on any atom is 0.0337 e. The normalized spacial score (nSPS) is 40.7. The second-order valence-electron chi connectivity index (χ2n) is 19.7. The third-order valence-electron chi connectivity index (χ3n) is 16.8. The molecule has 0 nitrogen and oxygen atoms in total. The molecule has 56 heavy (non-hydrogen) atoms. The van der Waals surface area contributed by atoms with Gasteiger partial charge >= 0.3 is 0 Å². The molecule has 0 amide bonds. The zero-order chi connectivity index (χ0) is 37.7. The van der Waals surface area contributed by atoms with Crippen LogP contribution >= 0.6 is 11.8 Å². The standard InChI is InChI=1S/C55H62S/c1-33-15-13-23-46-51(42-28-25-37-17-8-10-19-41(37)35(42)3)49-31-39(26-29-50(49)55(4,52(33)46)40-27-24-36-16-6-7-18-38(36)30-40)47-32-48-45-22-9-5-14-34(2)53(45)56-54(48)44-21-12-11-20-43(44)47/h6-7,9-11,16,18-20,22,24-26,28-30,32-35,39-40,42,45,48,50,53-54H,5,8,12-15,17,21,23,27,31H2,1-4H3. The SMILES string of the molecule is CC1CCCC2=C1C(C)(C1C=c3ccccc3=CC1)C1C=CC(C3=CC4C(SC5C(C)CCC=CC45)C4=C3C=CCC4)CC1=C2C1C=CC2=C(C=CCC2)C1C. The van der Waals surface area contributed by atoms with E-state index in [1.54, 1.807) is 44.6 Å². The number of rotatable bonds is 3. The summed E-state index contributed by atoms with van der Waals surface area (Å²) in [4.78, 5) is 0. The van der Waals surface area contributed by atoms with Crippen LogP contribution in [0.15, 0.2) is 141 Å². The molecule has 9 aliphatic carbocycles. The van der Waals surface area contributed by atoms with Crippen LogP contribution in [0.2, 0.25) is 0 Å². The van der Waals surface area contributed by atoms with Crippen molar-refractivity contribution in [3.05, 3.63) is 152 Å². The molecule has 0 radical (unpaired) electrons. The van der Waals surface area contributed by atoms with E-state index < -0.39 is 0 Å². The van der Waals surface area contributed by atoms with Gasteiger partial charge in [-0.1, -0.05) is 142 Å². The van der Waals surface area contributed by atoms with E-state index in [0.29, 0.717) is 52.6 Å². The number of benzene rings is 1. The van der Waals surface area contributed by atoms with E-state index in [9.17, 15) is 0 Å². The smallest absolute Gasteiger partial charge is 0.0337 e. The van der Waals surface area contributed by atoms with E-state index in [-0.39, 0.29) is 5.41 Å². The number of hydrogen-bond acceptors (Lipinski definition) is 1. The summed E-state index contributed by atoms with van der Waals surface area (Å²) in [6.45, 7) is 10.4. The van der Waals surface area contributed by atoms with Gasteiger partial charge in [-0.25, -0.2) is 0 Å². The summed E-state index contributed by atoms with van der Waals surface area (Å²) in [7, 11) is 0. The van der Waals surface area contributed by atoms with Crippen molar-refractivity contribution in [1.82, 2.24) is 0 Å². The number of thioether (sulfide) groups is 1. The van der Waals surface area contributed by atoms with E-state index in [1.165, 1.54) is 74.6 Å². The molecule has 1 saturated heterocycles. The molecule has 1 aromatic rings. The van der Waals surface area contributed by atoms with E-state index in [4.69, 9.17) is 0 Å². The van der Waals surface area contributed by atoms with Gasteiger partial charge in [-0.05, 0) is 150 Å². The van der Waals surface area contributed by atoms with Gasteiger partial charge in [0, 0.05) is 39.6 Å². The summed E-state index contributed by atoms with van der Waals surface area (Å²) >= 11 is 2.36. The number of allylic oxidation sites excluding steroid dienone is 19. The lowest BCUT2D eigenvalue weighted by Crippen LogP contribution is -2.47. The Morgan fingerprint density at radius 1 is 0.768 bits per heavy atom. The largest absolute Gasteiger partial charge is 0.149 e. The van der Waals surface area contributed by atoms with Gasteiger partial charge < -0.3 is 0 Å². The third-order valence-corrected chi connectivity index (χ3v) is 18.8. The molecule has 11 rings (SSSR count). The van der Waals surface area contributed by atoms with Crippen LogP contribution < -0.4 is 10.4 Å². The molecule has 0 saturated carbocycles. The minimum atomic E-state index is 0.0636. The lowest BCUT2D eigenvalue weighted by atomic mass is 9.48. The van der Waals surface area contributed by atoms with E-state index in [1.807, 2.05) is 5.57 Å². The van der Waals surface area contributed by atoms with E-state index in [0.717, 1.165) is 17.6 Å². The van der Waals surface area contributed by atoms with Crippen molar-refractivity contribution in [3.63, 3.8) is 0 Å². The molecule has 1 heteroatoms. The molecular formula is C55H62S. The summed E-state index contributed by atoms with van der Waals surface area (Å²) in [6, 6.07) is 9.17. The van der Waals surface area contributed by atoms with Crippen LogP contribution in [-0.2, 0) is 0 Å². The zero-order valence-corrected chi connectivity index (χ0v) is 35.2. The van der Waals surface area contributed by atoms with Crippen LogP contribution in [0.25, 0.3) is 12.2 Å². The Hall–Kier alpha value is -3.29. The average Bonchev–Trinajstić information content (AvgIpc) is 3.51. The van der Waals surface area contributed by atoms with Crippen molar-refractivity contribution in [3.8, 4) is 0 Å². The maximum absolute atomic E-state index is 2.86. The first-order valence-corrected chi connectivity index (χ1v) is 23.8. The highest BCUT2D eigenvalue weighted by molar-refractivity contribution is 8.01. The molecule has 12 unspecified atom stereocenters. The number of hydrogen-bond donors (Lipinski definition) is 0. The first kappa shape index (κ1) is 35.8. The van der Waals surface area contributed by atoms with Gasteiger partial charge in [0.15, 0.2) is 0 Å². The van der Waals surface area contributed by atoms with E-state index in [2.05, 4.69) is 143 Å². The predicted molar refractivity (Wildman–Crippen MR) is 239 cm³/mol. The lowest BCUT2D eigenvalue weighted by molar-refractivity contribution is 0.193. The van der Waals surface area contributed by atoms with Crippen molar-refractivity contribution in [2.24, 2.45) is 58.7 Å². The zero-order valence-electron chi connectivity index (χ0n) is 34.4. The van der Waals surface area contributed by atoms with Crippen molar-refractivity contribution in [2.75, 3.05) is 0 Å². The van der Waals surface area contributed by atoms with Crippen LogP contribution in [0.4, 0.5) is 0 Å². The van der Waals surface area contributed by atoms with Gasteiger partial charge in [-0.2, -0.15) is 0 Å². The van der Waals surface area contributed by atoms with Crippen molar-refractivity contribution >= 4 is 23.9 Å². The van der Waals surface area contributed by atoms with Crippen LogP contribution in [-0.4, -0.2) is 10.5 Å². The van der Waals surface area contributed by atoms with Crippen LogP contribution in [0.5, 0.6) is 0 Å². The third kappa shape index (κ3) is 5.44. The highest BCUT2D eigenvalue weighted by Crippen LogP contribution is 2.64. The predicted octanol–water partition coefficient (Wildman–Crippen LogP) is 12.7. The van der Waals surface area contributed by atoms with Gasteiger partial charge in [0.25, 0.3) is 0 Å². The fourth-order valence-corrected chi connectivity index (χ4v) is 16.1. The summed E-state index contributed by atoms with van der Waals surface area (Å²) in [5.41, 5.74) is 15.5. The molecule has 0 aromatic heterocycles. The van der Waals surface area contributed by atoms with Gasteiger partial charge in [0.1, 0.15) is 0 Å². The van der Waals surface area contributed by atoms with Crippen molar-refractivity contribution in [1.29, 1.82) is 0 Å². The first-order chi connectivity index (χ1) is 27.4. The van der Waals surface area contributed by atoms with Gasteiger partial charge in [-0.15, -0.1) is 11.8 Å². The van der Waals surface area contributed by atoms with Crippen molar-refractivity contribution in [2.45, 2.75) is 109 Å². The van der Waals surface area contributed by atoms with Crippen molar-refractivity contribution < 1.29 is 0 Å². The fraction of sp³-hybridized carbons (Fsp3) is 0.491. The van der Waals surface area contributed by atoms with Gasteiger partial charge in [0.05, 0.1) is 0 Å². The van der Waals surface area contributed by atoms with Crippen LogP contribution in [0.3, 0.4) is 0 Å². The highest BCUT2D eigenvalue weighted by atomic mass is 32.2. The summed E-state index contributed by atoms with van der Waals surface area (Å²) in [6.07, 6.45) is 47.8. The average molecular weight is 755 g/mol.